The van der Waals surface area contributed by atoms with Crippen LogP contribution in [0.5, 0.6) is 0 Å². The summed E-state index contributed by atoms with van der Waals surface area (Å²) in [4.78, 5) is 0. The molecule has 0 radical (unpaired) electrons. The van der Waals surface area contributed by atoms with Crippen LogP contribution in [0.15, 0.2) is 36.4 Å². The van der Waals surface area contributed by atoms with Gasteiger partial charge in [0.2, 0.25) is 0 Å². The Kier molecular flexibility index (Phi) is 4.97. The first kappa shape index (κ1) is 15.2. The average Bonchev–Trinajstić information content (AvgIpc) is 2.39. The van der Waals surface area contributed by atoms with Crippen molar-refractivity contribution in [3.63, 3.8) is 0 Å². The molecule has 0 saturated carbocycles. The highest BCUT2D eigenvalue weighted by atomic mass is 35.5. The Labute approximate surface area is 125 Å². The van der Waals surface area contributed by atoms with Gasteiger partial charge in [0.1, 0.15) is 11.6 Å². The molecule has 20 heavy (non-hydrogen) atoms. The van der Waals surface area contributed by atoms with Crippen LogP contribution < -0.4 is 0 Å². The lowest BCUT2D eigenvalue weighted by molar-refractivity contribution is 0.174. The maximum Gasteiger partial charge on any atom is 0.145 e. The summed E-state index contributed by atoms with van der Waals surface area (Å²) in [5.74, 6) is -1.03. The van der Waals surface area contributed by atoms with Crippen LogP contribution >= 0.6 is 23.2 Å². The quantitative estimate of drug-likeness (QED) is 0.885. The second-order valence-corrected chi connectivity index (χ2v) is 5.34. The molecule has 0 aromatic heterocycles. The fourth-order valence-electron chi connectivity index (χ4n) is 1.97. The van der Waals surface area contributed by atoms with E-state index >= 15 is 0 Å². The Balaban J connectivity index is 2.07. The molecule has 0 fully saturated rings. The van der Waals surface area contributed by atoms with Crippen LogP contribution in [-0.4, -0.2) is 11.2 Å². The van der Waals surface area contributed by atoms with E-state index < -0.39 is 17.7 Å². The van der Waals surface area contributed by atoms with E-state index in [0.29, 0.717) is 11.1 Å². The van der Waals surface area contributed by atoms with Crippen LogP contribution in [0, 0.1) is 11.6 Å². The van der Waals surface area contributed by atoms with Gasteiger partial charge in [-0.2, -0.15) is 0 Å². The van der Waals surface area contributed by atoms with Gasteiger partial charge < -0.3 is 5.11 Å². The van der Waals surface area contributed by atoms with Crippen molar-refractivity contribution in [2.45, 2.75) is 18.9 Å². The van der Waals surface area contributed by atoms with E-state index in [1.807, 2.05) is 0 Å². The molecule has 1 nitrogen and oxygen atoms in total. The monoisotopic (exact) mass is 316 g/mol. The predicted octanol–water partition coefficient (Wildman–Crippen LogP) is 4.42. The van der Waals surface area contributed by atoms with Crippen molar-refractivity contribution in [2.75, 3.05) is 0 Å². The minimum absolute atomic E-state index is 0.00337. The van der Waals surface area contributed by atoms with Crippen molar-refractivity contribution in [2.24, 2.45) is 0 Å². The van der Waals surface area contributed by atoms with Gasteiger partial charge in [0.25, 0.3) is 0 Å². The predicted molar refractivity (Wildman–Crippen MR) is 76.2 cm³/mol. The van der Waals surface area contributed by atoms with Crippen molar-refractivity contribution in [1.82, 2.24) is 0 Å². The number of hydrogen-bond acceptors (Lipinski definition) is 1. The smallest absolute Gasteiger partial charge is 0.145 e. The average molecular weight is 317 g/mol. The molecular weight excluding hydrogens is 305 g/mol. The Morgan fingerprint density at radius 2 is 1.75 bits per heavy atom. The summed E-state index contributed by atoms with van der Waals surface area (Å²) in [6, 6.07) is 8.88. The summed E-state index contributed by atoms with van der Waals surface area (Å²) in [6.07, 6.45) is -0.419. The Morgan fingerprint density at radius 1 is 1.00 bits per heavy atom. The van der Waals surface area contributed by atoms with Crippen molar-refractivity contribution < 1.29 is 13.9 Å². The number of aliphatic hydroxyl groups is 1. The van der Waals surface area contributed by atoms with Gasteiger partial charge in [0.15, 0.2) is 0 Å². The van der Waals surface area contributed by atoms with Gasteiger partial charge in [-0.3, -0.25) is 0 Å². The Morgan fingerprint density at radius 3 is 2.45 bits per heavy atom. The van der Waals surface area contributed by atoms with E-state index in [0.717, 1.165) is 0 Å². The number of halogens is 4. The zero-order valence-corrected chi connectivity index (χ0v) is 11.9. The van der Waals surface area contributed by atoms with Gasteiger partial charge in [-0.25, -0.2) is 8.78 Å². The molecule has 1 unspecified atom stereocenters. The minimum atomic E-state index is -0.801. The molecule has 0 aliphatic rings. The lowest BCUT2D eigenvalue weighted by Gasteiger charge is -2.12. The zero-order chi connectivity index (χ0) is 14.7. The third-order valence-corrected chi connectivity index (χ3v) is 3.52. The van der Waals surface area contributed by atoms with Gasteiger partial charge in [0.05, 0.1) is 16.1 Å². The van der Waals surface area contributed by atoms with E-state index in [9.17, 15) is 13.9 Å². The maximum atomic E-state index is 13.7. The molecule has 0 amide bonds. The first-order valence-corrected chi connectivity index (χ1v) is 6.78. The second-order valence-electron chi connectivity index (χ2n) is 4.52. The van der Waals surface area contributed by atoms with Gasteiger partial charge in [-0.1, -0.05) is 41.4 Å². The fourth-order valence-corrected chi connectivity index (χ4v) is 2.37. The number of aliphatic hydroxyl groups excluding tert-OH is 1. The van der Waals surface area contributed by atoms with Crippen LogP contribution in [0.25, 0.3) is 0 Å². The summed E-state index contributed by atoms with van der Waals surface area (Å²) in [5, 5.41) is 10.0. The third-order valence-electron chi connectivity index (χ3n) is 2.94. The molecule has 1 N–H and O–H groups in total. The third kappa shape index (κ3) is 3.69. The molecule has 2 aromatic carbocycles. The molecule has 0 heterocycles. The van der Waals surface area contributed by atoms with E-state index in [4.69, 9.17) is 23.2 Å². The van der Waals surface area contributed by atoms with Crippen molar-refractivity contribution in [3.05, 3.63) is 69.2 Å². The molecule has 5 heteroatoms. The number of rotatable bonds is 4. The lowest BCUT2D eigenvalue weighted by atomic mass is 10.0. The molecule has 1 atom stereocenters. The fraction of sp³-hybridized carbons (Fsp3) is 0.200. The largest absolute Gasteiger partial charge is 0.392 e. The van der Waals surface area contributed by atoms with Crippen molar-refractivity contribution in [3.8, 4) is 0 Å². The summed E-state index contributed by atoms with van der Waals surface area (Å²) >= 11 is 11.3. The molecule has 0 aliphatic carbocycles. The molecule has 0 bridgehead atoms. The standard InChI is InChI=1S/C15H12Cl2F2O/c16-12-3-1-2-10(15(12)19)8-11(20)6-9-4-5-14(18)13(17)7-9/h1-5,7,11,20H,6,8H2. The highest BCUT2D eigenvalue weighted by Crippen LogP contribution is 2.21. The Hall–Kier alpha value is -1.16. The van der Waals surface area contributed by atoms with Crippen LogP contribution in [0.4, 0.5) is 8.78 Å². The van der Waals surface area contributed by atoms with Crippen molar-refractivity contribution >= 4 is 23.2 Å². The molecule has 2 rings (SSSR count). The van der Waals surface area contributed by atoms with Crippen LogP contribution in [-0.2, 0) is 12.8 Å². The molecule has 106 valence electrons. The van der Waals surface area contributed by atoms with E-state index in [-0.39, 0.29) is 22.9 Å². The summed E-state index contributed by atoms with van der Waals surface area (Å²) in [5.41, 5.74) is 1.03. The first-order valence-electron chi connectivity index (χ1n) is 6.02. The second kappa shape index (κ2) is 6.53. The van der Waals surface area contributed by atoms with E-state index in [1.165, 1.54) is 18.2 Å². The van der Waals surface area contributed by atoms with Crippen LogP contribution in [0.3, 0.4) is 0 Å². The molecule has 0 spiro atoms. The summed E-state index contributed by atoms with van der Waals surface area (Å²) in [7, 11) is 0. The highest BCUT2D eigenvalue weighted by Gasteiger charge is 2.13. The molecular formula is C15H12Cl2F2O. The van der Waals surface area contributed by atoms with E-state index in [2.05, 4.69) is 0 Å². The number of benzene rings is 2. The minimum Gasteiger partial charge on any atom is -0.392 e. The summed E-state index contributed by atoms with van der Waals surface area (Å²) in [6.45, 7) is 0. The first-order chi connectivity index (χ1) is 9.47. The topological polar surface area (TPSA) is 20.2 Å². The zero-order valence-electron chi connectivity index (χ0n) is 10.4. The normalized spacial score (nSPS) is 12.4. The molecule has 0 saturated heterocycles. The Bertz CT molecular complexity index is 617. The lowest BCUT2D eigenvalue weighted by Crippen LogP contribution is -2.15. The van der Waals surface area contributed by atoms with Crippen LogP contribution in [0.2, 0.25) is 10.0 Å². The van der Waals surface area contributed by atoms with Gasteiger partial charge >= 0.3 is 0 Å². The SMILES string of the molecule is OC(Cc1ccc(F)c(Cl)c1)Cc1cccc(Cl)c1F. The molecule has 2 aromatic rings. The summed E-state index contributed by atoms with van der Waals surface area (Å²) < 4.78 is 26.7. The van der Waals surface area contributed by atoms with Gasteiger partial charge in [-0.05, 0) is 35.7 Å². The van der Waals surface area contributed by atoms with Gasteiger partial charge in [0, 0.05) is 6.42 Å². The highest BCUT2D eigenvalue weighted by molar-refractivity contribution is 6.31. The molecule has 0 aliphatic heterocycles. The van der Waals surface area contributed by atoms with Gasteiger partial charge in [-0.15, -0.1) is 0 Å². The maximum absolute atomic E-state index is 13.7. The van der Waals surface area contributed by atoms with Crippen LogP contribution in [0.1, 0.15) is 11.1 Å². The van der Waals surface area contributed by atoms with Crippen molar-refractivity contribution in [1.29, 1.82) is 0 Å². The van der Waals surface area contributed by atoms with E-state index in [1.54, 1.807) is 18.2 Å². The number of hydrogen-bond donors (Lipinski definition) is 1.